The van der Waals surface area contributed by atoms with Crippen LogP contribution in [0.15, 0.2) is 35.5 Å². The highest BCUT2D eigenvalue weighted by Crippen LogP contribution is 2.28. The topological polar surface area (TPSA) is 74.6 Å². The minimum Gasteiger partial charge on any atom is -0.481 e. The van der Waals surface area contributed by atoms with Crippen molar-refractivity contribution in [2.75, 3.05) is 0 Å². The number of aliphatic hydroxyl groups is 1. The number of allylic oxidation sites excluding steroid dienone is 5. The Morgan fingerprint density at radius 3 is 2.59 bits per heavy atom. The van der Waals surface area contributed by atoms with E-state index in [0.717, 1.165) is 68.9 Å². The smallest absolute Gasteiger partial charge is 0.303 e. The standard InChI is InChI=1S/C23H36O4/c1-3-4-11-17-23(2,27)18-16-19-14-15-21(24)20(19)12-9-7-5-6-8-10-13-22(25)26/h7,9,16,18,27H,3-6,8,10-15,17H2,1-2H3,(H,25,26). The molecule has 4 nitrogen and oxygen atoms in total. The van der Waals surface area contributed by atoms with Gasteiger partial charge in [-0.3, -0.25) is 9.59 Å². The van der Waals surface area contributed by atoms with Crippen LogP contribution in [-0.2, 0) is 9.59 Å². The van der Waals surface area contributed by atoms with Crippen molar-refractivity contribution in [3.63, 3.8) is 0 Å². The predicted octanol–water partition coefficient (Wildman–Crippen LogP) is 5.51. The molecule has 0 aliphatic heterocycles. The van der Waals surface area contributed by atoms with Crippen molar-refractivity contribution in [3.05, 3.63) is 35.5 Å². The Bertz CT molecular complexity index is 567. The van der Waals surface area contributed by atoms with Gasteiger partial charge >= 0.3 is 5.97 Å². The maximum Gasteiger partial charge on any atom is 0.303 e. The fourth-order valence-corrected chi connectivity index (χ4v) is 3.29. The molecule has 1 atom stereocenters. The monoisotopic (exact) mass is 376 g/mol. The zero-order chi connectivity index (χ0) is 20.1. The van der Waals surface area contributed by atoms with Crippen LogP contribution < -0.4 is 0 Å². The summed E-state index contributed by atoms with van der Waals surface area (Å²) >= 11 is 0. The molecule has 2 N–H and O–H groups in total. The van der Waals surface area contributed by atoms with Crippen molar-refractivity contribution in [2.45, 2.75) is 96.5 Å². The van der Waals surface area contributed by atoms with Crippen LogP contribution in [0.1, 0.15) is 90.9 Å². The Kier molecular flexibility index (Phi) is 11.0. The van der Waals surface area contributed by atoms with Gasteiger partial charge < -0.3 is 10.2 Å². The van der Waals surface area contributed by atoms with Crippen LogP contribution >= 0.6 is 0 Å². The number of aliphatic carboxylic acids is 1. The fraction of sp³-hybridized carbons (Fsp3) is 0.652. The molecule has 0 radical (unpaired) electrons. The second-order valence-corrected chi connectivity index (χ2v) is 7.74. The number of ketones is 1. The molecule has 1 unspecified atom stereocenters. The molecule has 4 heteroatoms. The summed E-state index contributed by atoms with van der Waals surface area (Å²) in [5.74, 6) is -0.520. The maximum absolute atomic E-state index is 12.1. The van der Waals surface area contributed by atoms with Gasteiger partial charge in [-0.2, -0.15) is 0 Å². The van der Waals surface area contributed by atoms with Crippen LogP contribution in [-0.4, -0.2) is 27.6 Å². The Hall–Kier alpha value is -1.68. The highest BCUT2D eigenvalue weighted by molar-refractivity contribution is 5.99. The van der Waals surface area contributed by atoms with Crippen LogP contribution in [0.25, 0.3) is 0 Å². The number of rotatable bonds is 14. The summed E-state index contributed by atoms with van der Waals surface area (Å²) in [6.07, 6.45) is 17.7. The Labute approximate surface area is 164 Å². The molecule has 0 aromatic carbocycles. The molecule has 0 bridgehead atoms. The molecule has 0 heterocycles. The third-order valence-corrected chi connectivity index (χ3v) is 5.03. The average molecular weight is 377 g/mol. The summed E-state index contributed by atoms with van der Waals surface area (Å²) in [6.45, 7) is 3.98. The molecule has 1 rings (SSSR count). The minimum absolute atomic E-state index is 0.214. The van der Waals surface area contributed by atoms with Gasteiger partial charge in [0.25, 0.3) is 0 Å². The van der Waals surface area contributed by atoms with Crippen molar-refractivity contribution >= 4 is 11.8 Å². The number of hydrogen-bond donors (Lipinski definition) is 2. The third-order valence-electron chi connectivity index (χ3n) is 5.03. The number of carbonyl (C=O) groups excluding carboxylic acids is 1. The van der Waals surface area contributed by atoms with E-state index < -0.39 is 11.6 Å². The van der Waals surface area contributed by atoms with Crippen LogP contribution in [0, 0.1) is 0 Å². The lowest BCUT2D eigenvalue weighted by Gasteiger charge is -2.18. The normalized spacial score (nSPS) is 17.4. The van der Waals surface area contributed by atoms with Crippen molar-refractivity contribution < 1.29 is 19.8 Å². The molecule has 0 saturated carbocycles. The first-order valence-corrected chi connectivity index (χ1v) is 10.4. The number of hydrogen-bond acceptors (Lipinski definition) is 3. The molecule has 1 aliphatic rings. The maximum atomic E-state index is 12.1. The quantitative estimate of drug-likeness (QED) is 0.309. The van der Waals surface area contributed by atoms with Gasteiger partial charge in [0, 0.05) is 18.4 Å². The summed E-state index contributed by atoms with van der Waals surface area (Å²) in [6, 6.07) is 0. The van der Waals surface area contributed by atoms with Gasteiger partial charge in [-0.15, -0.1) is 0 Å². The van der Waals surface area contributed by atoms with E-state index in [9.17, 15) is 14.7 Å². The fourth-order valence-electron chi connectivity index (χ4n) is 3.29. The van der Waals surface area contributed by atoms with Gasteiger partial charge in [-0.25, -0.2) is 0 Å². The number of Topliss-reactive ketones (excluding diaryl/α,β-unsaturated/α-hetero) is 1. The highest BCUT2D eigenvalue weighted by atomic mass is 16.4. The Balaban J connectivity index is 2.48. The van der Waals surface area contributed by atoms with Crippen LogP contribution in [0.4, 0.5) is 0 Å². The average Bonchev–Trinajstić information content (AvgIpc) is 2.95. The lowest BCUT2D eigenvalue weighted by Crippen LogP contribution is -2.20. The van der Waals surface area contributed by atoms with Gasteiger partial charge in [-0.1, -0.05) is 56.9 Å². The number of unbranched alkanes of at least 4 members (excludes halogenated alkanes) is 5. The third kappa shape index (κ3) is 10.3. The van der Waals surface area contributed by atoms with Crippen LogP contribution in [0.2, 0.25) is 0 Å². The van der Waals surface area contributed by atoms with Gasteiger partial charge in [0.2, 0.25) is 0 Å². The molecule has 0 saturated heterocycles. The summed E-state index contributed by atoms with van der Waals surface area (Å²) in [4.78, 5) is 22.6. The summed E-state index contributed by atoms with van der Waals surface area (Å²) < 4.78 is 0. The second-order valence-electron chi connectivity index (χ2n) is 7.74. The van der Waals surface area contributed by atoms with E-state index in [2.05, 4.69) is 13.0 Å². The number of carboxylic acids is 1. The van der Waals surface area contributed by atoms with E-state index >= 15 is 0 Å². The minimum atomic E-state index is -0.815. The zero-order valence-electron chi connectivity index (χ0n) is 17.0. The lowest BCUT2D eigenvalue weighted by atomic mass is 9.96. The Morgan fingerprint density at radius 1 is 1.11 bits per heavy atom. The molecule has 0 spiro atoms. The number of carbonyl (C=O) groups is 2. The van der Waals surface area contributed by atoms with E-state index in [-0.39, 0.29) is 12.2 Å². The highest BCUT2D eigenvalue weighted by Gasteiger charge is 2.21. The molecular weight excluding hydrogens is 340 g/mol. The van der Waals surface area contributed by atoms with E-state index in [1.54, 1.807) is 0 Å². The van der Waals surface area contributed by atoms with E-state index in [1.165, 1.54) is 0 Å². The molecule has 152 valence electrons. The predicted molar refractivity (Wildman–Crippen MR) is 110 cm³/mol. The lowest BCUT2D eigenvalue weighted by molar-refractivity contribution is -0.137. The molecule has 1 aliphatic carbocycles. The second kappa shape index (κ2) is 12.7. The van der Waals surface area contributed by atoms with Gasteiger partial charge in [-0.05, 0) is 51.0 Å². The molecule has 0 fully saturated rings. The largest absolute Gasteiger partial charge is 0.481 e. The molecular formula is C23H36O4. The van der Waals surface area contributed by atoms with E-state index in [4.69, 9.17) is 5.11 Å². The first-order chi connectivity index (χ1) is 12.9. The molecule has 27 heavy (non-hydrogen) atoms. The van der Waals surface area contributed by atoms with Crippen molar-refractivity contribution in [3.8, 4) is 0 Å². The van der Waals surface area contributed by atoms with Crippen molar-refractivity contribution in [1.29, 1.82) is 0 Å². The summed E-state index contributed by atoms with van der Waals surface area (Å²) in [7, 11) is 0. The van der Waals surface area contributed by atoms with Crippen LogP contribution in [0.5, 0.6) is 0 Å². The summed E-state index contributed by atoms with van der Waals surface area (Å²) in [5, 5.41) is 19.1. The SMILES string of the molecule is CCCCCC(C)(O)C=CC1=C(CC=CCCCCCC(=O)O)C(=O)CC1. The van der Waals surface area contributed by atoms with E-state index in [0.29, 0.717) is 12.8 Å². The van der Waals surface area contributed by atoms with Gasteiger partial charge in [0.1, 0.15) is 0 Å². The molecule has 0 aromatic rings. The molecule has 0 aromatic heterocycles. The first kappa shape index (κ1) is 23.4. The van der Waals surface area contributed by atoms with Crippen molar-refractivity contribution in [1.82, 2.24) is 0 Å². The Morgan fingerprint density at radius 2 is 1.89 bits per heavy atom. The van der Waals surface area contributed by atoms with Gasteiger partial charge in [0.05, 0.1) is 5.60 Å². The van der Waals surface area contributed by atoms with E-state index in [1.807, 2.05) is 25.2 Å². The first-order valence-electron chi connectivity index (χ1n) is 10.4. The summed E-state index contributed by atoms with van der Waals surface area (Å²) in [5.41, 5.74) is 1.12. The molecule has 0 amide bonds. The van der Waals surface area contributed by atoms with Crippen molar-refractivity contribution in [2.24, 2.45) is 0 Å². The van der Waals surface area contributed by atoms with Gasteiger partial charge in [0.15, 0.2) is 5.78 Å². The zero-order valence-corrected chi connectivity index (χ0v) is 17.0. The van der Waals surface area contributed by atoms with Crippen LogP contribution in [0.3, 0.4) is 0 Å². The number of carboxylic acid groups (broad SMARTS) is 1.